The highest BCUT2D eigenvalue weighted by molar-refractivity contribution is 6.36. The summed E-state index contributed by atoms with van der Waals surface area (Å²) in [6.07, 6.45) is 3.79. The number of anilines is 1. The highest BCUT2D eigenvalue weighted by Gasteiger charge is 2.40. The number of nitrogens with one attached hydrogen (secondary N) is 1. The molecule has 3 saturated heterocycles. The Morgan fingerprint density at radius 3 is 2.34 bits per heavy atom. The van der Waals surface area contributed by atoms with Crippen molar-refractivity contribution in [1.82, 2.24) is 14.8 Å². The van der Waals surface area contributed by atoms with Crippen LogP contribution < -0.4 is 10.2 Å². The smallest absolute Gasteiger partial charge is 0.253 e. The Bertz CT molecular complexity index is 1210. The van der Waals surface area contributed by atoms with E-state index in [2.05, 4.69) is 50.0 Å². The van der Waals surface area contributed by atoms with Crippen LogP contribution in [0.3, 0.4) is 0 Å². The number of rotatable bonds is 6. The third-order valence-electron chi connectivity index (χ3n) is 8.14. The summed E-state index contributed by atoms with van der Waals surface area (Å²) >= 11 is 6.59. The molecule has 7 nitrogen and oxygen atoms in total. The van der Waals surface area contributed by atoms with Crippen LogP contribution >= 0.6 is 11.6 Å². The zero-order valence-corrected chi connectivity index (χ0v) is 23.3. The van der Waals surface area contributed by atoms with E-state index < -0.39 is 0 Å². The zero-order chi connectivity index (χ0) is 26.5. The molecule has 0 spiro atoms. The average Bonchev–Trinajstić information content (AvgIpc) is 3.33. The number of benzene rings is 2. The minimum atomic E-state index is -0.0966. The van der Waals surface area contributed by atoms with Gasteiger partial charge in [-0.1, -0.05) is 49.7 Å². The Hall–Kier alpha value is -2.58. The van der Waals surface area contributed by atoms with E-state index in [1.165, 1.54) is 5.69 Å². The molecule has 2 aromatic carbocycles. The summed E-state index contributed by atoms with van der Waals surface area (Å²) in [6.45, 7) is 11.3. The second-order valence-corrected chi connectivity index (χ2v) is 10.5. The maximum atomic E-state index is 13.6. The first-order valence-electron chi connectivity index (χ1n) is 13.9. The van der Waals surface area contributed by atoms with Crippen molar-refractivity contribution >= 4 is 34.1 Å². The summed E-state index contributed by atoms with van der Waals surface area (Å²) in [4.78, 5) is 18.6. The molecule has 0 atom stereocenters. The van der Waals surface area contributed by atoms with E-state index in [9.17, 15) is 4.79 Å². The average molecular weight is 539 g/mol. The molecule has 3 aromatic rings. The number of halogens is 1. The fourth-order valence-corrected chi connectivity index (χ4v) is 6.17. The number of amides is 1. The van der Waals surface area contributed by atoms with Crippen LogP contribution in [0.25, 0.3) is 10.9 Å². The second kappa shape index (κ2) is 12.1. The molecule has 3 aliphatic heterocycles. The summed E-state index contributed by atoms with van der Waals surface area (Å²) in [5.41, 5.74) is 2.80. The van der Waals surface area contributed by atoms with E-state index in [0.29, 0.717) is 30.3 Å². The Balaban J connectivity index is 0.00000144. The van der Waals surface area contributed by atoms with Gasteiger partial charge in [0.15, 0.2) is 0 Å². The molecular weight excluding hydrogens is 500 g/mol. The standard InChI is InChI=1S/C28H33ClN4O3.C2H6/c29-24-7-4-8-25-26(24)23(17-33(25)22-18-36-19-22)27(34)30-20-28(9-15-35-16-10-28)32-13-11-31(12-14-32)21-5-2-1-3-6-21;1-2/h1-8,17,22H,9-16,18-20H2,(H,30,34);1-2H3. The van der Waals surface area contributed by atoms with Crippen LogP contribution in [0.5, 0.6) is 0 Å². The molecular formula is C30H39ClN4O3. The molecule has 6 rings (SSSR count). The highest BCUT2D eigenvalue weighted by atomic mass is 35.5. The minimum absolute atomic E-state index is 0.0686. The molecule has 3 fully saturated rings. The predicted octanol–water partition coefficient (Wildman–Crippen LogP) is 4.99. The normalized spacial score (nSPS) is 19.9. The summed E-state index contributed by atoms with van der Waals surface area (Å²) in [5.74, 6) is -0.0686. The number of para-hydroxylation sites is 1. The van der Waals surface area contributed by atoms with Gasteiger partial charge in [-0.25, -0.2) is 0 Å². The van der Waals surface area contributed by atoms with Crippen molar-refractivity contribution in [2.75, 3.05) is 64.1 Å². The summed E-state index contributed by atoms with van der Waals surface area (Å²) in [6, 6.07) is 16.7. The molecule has 204 valence electrons. The number of aromatic nitrogens is 1. The topological polar surface area (TPSA) is 59.0 Å². The van der Waals surface area contributed by atoms with E-state index >= 15 is 0 Å². The van der Waals surface area contributed by atoms with Gasteiger partial charge in [-0.15, -0.1) is 0 Å². The van der Waals surface area contributed by atoms with Crippen LogP contribution in [-0.2, 0) is 9.47 Å². The lowest BCUT2D eigenvalue weighted by molar-refractivity contribution is -0.0298. The van der Waals surface area contributed by atoms with Gasteiger partial charge in [0.05, 0.1) is 35.4 Å². The highest BCUT2D eigenvalue weighted by Crippen LogP contribution is 2.34. The van der Waals surface area contributed by atoms with Gasteiger partial charge in [0.1, 0.15) is 0 Å². The number of piperazine rings is 1. The fourth-order valence-electron chi connectivity index (χ4n) is 5.90. The lowest BCUT2D eigenvalue weighted by Crippen LogP contribution is -2.63. The number of carbonyl (C=O) groups is 1. The molecule has 1 aromatic heterocycles. The Morgan fingerprint density at radius 1 is 0.974 bits per heavy atom. The van der Waals surface area contributed by atoms with Gasteiger partial charge >= 0.3 is 0 Å². The van der Waals surface area contributed by atoms with E-state index in [1.54, 1.807) is 0 Å². The van der Waals surface area contributed by atoms with Gasteiger partial charge in [-0.3, -0.25) is 9.69 Å². The van der Waals surface area contributed by atoms with Crippen molar-refractivity contribution in [1.29, 1.82) is 0 Å². The number of hydrogen-bond acceptors (Lipinski definition) is 5. The van der Waals surface area contributed by atoms with Crippen LogP contribution in [0.4, 0.5) is 5.69 Å². The molecule has 1 amide bonds. The van der Waals surface area contributed by atoms with E-state index in [1.807, 2.05) is 38.2 Å². The van der Waals surface area contributed by atoms with Gasteiger partial charge in [0, 0.05) is 68.7 Å². The van der Waals surface area contributed by atoms with E-state index in [-0.39, 0.29) is 17.5 Å². The molecule has 4 heterocycles. The van der Waals surface area contributed by atoms with Crippen molar-refractivity contribution in [2.45, 2.75) is 38.3 Å². The van der Waals surface area contributed by atoms with Crippen molar-refractivity contribution in [3.8, 4) is 0 Å². The van der Waals surface area contributed by atoms with Gasteiger partial charge in [-0.05, 0) is 37.1 Å². The lowest BCUT2D eigenvalue weighted by atomic mass is 9.87. The SMILES string of the molecule is CC.O=C(NCC1(N2CCN(c3ccccc3)CC2)CCOCC1)c1cn(C2COC2)c2cccc(Cl)c12. The molecule has 0 radical (unpaired) electrons. The Labute approximate surface area is 230 Å². The maximum Gasteiger partial charge on any atom is 0.253 e. The third-order valence-corrected chi connectivity index (χ3v) is 8.45. The molecule has 0 aliphatic carbocycles. The quantitative estimate of drug-likeness (QED) is 0.479. The first kappa shape index (κ1) is 27.0. The van der Waals surface area contributed by atoms with Crippen LogP contribution in [-0.4, -0.2) is 80.1 Å². The first-order chi connectivity index (χ1) is 18.6. The maximum absolute atomic E-state index is 13.6. The molecule has 0 saturated carbocycles. The lowest BCUT2D eigenvalue weighted by Gasteiger charge is -2.50. The summed E-state index contributed by atoms with van der Waals surface area (Å²) in [5, 5.41) is 4.73. The Morgan fingerprint density at radius 2 is 1.68 bits per heavy atom. The third kappa shape index (κ3) is 5.30. The van der Waals surface area contributed by atoms with Gasteiger partial charge in [-0.2, -0.15) is 0 Å². The number of ether oxygens (including phenoxy) is 2. The van der Waals surface area contributed by atoms with Crippen LogP contribution in [0.15, 0.2) is 54.7 Å². The number of nitrogens with zero attached hydrogens (tertiary/aromatic N) is 3. The van der Waals surface area contributed by atoms with E-state index in [4.69, 9.17) is 21.1 Å². The number of carbonyl (C=O) groups excluding carboxylic acids is 1. The van der Waals surface area contributed by atoms with Crippen LogP contribution in [0.2, 0.25) is 5.02 Å². The monoisotopic (exact) mass is 538 g/mol. The molecule has 0 bridgehead atoms. The number of hydrogen-bond donors (Lipinski definition) is 1. The summed E-state index contributed by atoms with van der Waals surface area (Å²) in [7, 11) is 0. The Kier molecular flexibility index (Phi) is 8.58. The molecule has 1 N–H and O–H groups in total. The van der Waals surface area contributed by atoms with Crippen molar-refractivity contribution in [3.63, 3.8) is 0 Å². The van der Waals surface area contributed by atoms with Gasteiger partial charge < -0.3 is 24.3 Å². The molecule has 8 heteroatoms. The van der Waals surface area contributed by atoms with Crippen LogP contribution in [0, 0.1) is 0 Å². The first-order valence-corrected chi connectivity index (χ1v) is 14.3. The van der Waals surface area contributed by atoms with E-state index in [0.717, 1.165) is 63.1 Å². The van der Waals surface area contributed by atoms with Crippen LogP contribution in [0.1, 0.15) is 43.1 Å². The van der Waals surface area contributed by atoms with Gasteiger partial charge in [0.25, 0.3) is 5.91 Å². The van der Waals surface area contributed by atoms with Crippen molar-refractivity contribution in [3.05, 3.63) is 65.3 Å². The number of fused-ring (bicyclic) bond motifs is 1. The predicted molar refractivity (Wildman–Crippen MR) is 153 cm³/mol. The zero-order valence-electron chi connectivity index (χ0n) is 22.5. The van der Waals surface area contributed by atoms with Crippen molar-refractivity contribution < 1.29 is 14.3 Å². The second-order valence-electron chi connectivity index (χ2n) is 10.1. The van der Waals surface area contributed by atoms with Gasteiger partial charge in [0.2, 0.25) is 0 Å². The largest absolute Gasteiger partial charge is 0.381 e. The summed E-state index contributed by atoms with van der Waals surface area (Å²) < 4.78 is 13.3. The molecule has 3 aliphatic rings. The molecule has 0 unspecified atom stereocenters. The van der Waals surface area contributed by atoms with Crippen molar-refractivity contribution in [2.24, 2.45) is 0 Å². The molecule has 38 heavy (non-hydrogen) atoms. The minimum Gasteiger partial charge on any atom is -0.381 e. The fraction of sp³-hybridized carbons (Fsp3) is 0.500.